The van der Waals surface area contributed by atoms with Crippen molar-refractivity contribution < 1.29 is 14.3 Å². The van der Waals surface area contributed by atoms with E-state index in [1.54, 1.807) is 12.1 Å². The van der Waals surface area contributed by atoms with E-state index in [9.17, 15) is 4.79 Å². The molecule has 1 amide bonds. The van der Waals surface area contributed by atoms with Gasteiger partial charge in [0.05, 0.1) is 12.7 Å². The van der Waals surface area contributed by atoms with Gasteiger partial charge in [0.15, 0.2) is 5.01 Å². The van der Waals surface area contributed by atoms with E-state index < -0.39 is 0 Å². The van der Waals surface area contributed by atoms with Gasteiger partial charge in [0.25, 0.3) is 5.91 Å². The van der Waals surface area contributed by atoms with E-state index in [-0.39, 0.29) is 12.0 Å². The first-order valence-electron chi connectivity index (χ1n) is 7.52. The number of para-hydroxylation sites is 1. The first kappa shape index (κ1) is 16.8. The monoisotopic (exact) mass is 356 g/mol. The molecular formula is C17H16N4O3S. The number of ether oxygens (including phenoxy) is 2. The number of hydrogen-bond acceptors (Lipinski definition) is 7. The molecule has 0 radical (unpaired) electrons. The summed E-state index contributed by atoms with van der Waals surface area (Å²) in [6.07, 6.45) is 1.17. The van der Waals surface area contributed by atoms with Crippen LogP contribution in [0.3, 0.4) is 0 Å². The molecule has 0 bridgehead atoms. The number of aromatic nitrogens is 3. The molecule has 2 heterocycles. The molecule has 7 nitrogen and oxygen atoms in total. The van der Waals surface area contributed by atoms with Crippen LogP contribution in [0.15, 0.2) is 48.7 Å². The van der Waals surface area contributed by atoms with Gasteiger partial charge in [-0.05, 0) is 25.1 Å². The zero-order valence-electron chi connectivity index (χ0n) is 13.7. The highest BCUT2D eigenvalue weighted by Crippen LogP contribution is 2.26. The summed E-state index contributed by atoms with van der Waals surface area (Å²) in [5.41, 5.74) is 0.408. The van der Waals surface area contributed by atoms with Crippen LogP contribution in [0.25, 0.3) is 0 Å². The highest BCUT2D eigenvalue weighted by atomic mass is 32.1. The maximum absolute atomic E-state index is 12.2. The molecule has 1 N–H and O–H groups in total. The minimum atomic E-state index is -0.311. The molecule has 2 aromatic heterocycles. The Kier molecular flexibility index (Phi) is 5.20. The zero-order chi connectivity index (χ0) is 17.6. The quantitative estimate of drug-likeness (QED) is 0.729. The number of carbonyl (C=O) groups excluding carboxylic acids is 1. The number of carbonyl (C=O) groups is 1. The third-order valence-electron chi connectivity index (χ3n) is 3.27. The molecular weight excluding hydrogens is 340 g/mol. The normalized spacial score (nSPS) is 11.6. The van der Waals surface area contributed by atoms with Crippen molar-refractivity contribution >= 4 is 22.4 Å². The summed E-state index contributed by atoms with van der Waals surface area (Å²) in [5.74, 6) is 0.885. The molecule has 0 unspecified atom stereocenters. The van der Waals surface area contributed by atoms with Crippen LogP contribution >= 0.6 is 11.3 Å². The largest absolute Gasteiger partial charge is 0.483 e. The molecule has 0 aliphatic rings. The lowest BCUT2D eigenvalue weighted by Gasteiger charge is -2.10. The van der Waals surface area contributed by atoms with E-state index in [4.69, 9.17) is 9.47 Å². The Morgan fingerprint density at radius 1 is 1.16 bits per heavy atom. The summed E-state index contributed by atoms with van der Waals surface area (Å²) in [6, 6.07) is 12.7. The molecule has 1 atom stereocenters. The van der Waals surface area contributed by atoms with E-state index in [1.165, 1.54) is 24.6 Å². The average Bonchev–Trinajstić information content (AvgIpc) is 3.11. The Balaban J connectivity index is 1.63. The molecule has 0 aliphatic carbocycles. The molecule has 0 aliphatic heterocycles. The Morgan fingerprint density at radius 2 is 1.96 bits per heavy atom. The van der Waals surface area contributed by atoms with Gasteiger partial charge in [-0.3, -0.25) is 10.1 Å². The first-order valence-corrected chi connectivity index (χ1v) is 8.34. The van der Waals surface area contributed by atoms with E-state index in [0.29, 0.717) is 21.6 Å². The number of amides is 1. The van der Waals surface area contributed by atoms with Crippen molar-refractivity contribution in [2.75, 3.05) is 12.4 Å². The Hall–Kier alpha value is -3.00. The molecule has 3 aromatic rings. The highest BCUT2D eigenvalue weighted by Gasteiger charge is 2.16. The van der Waals surface area contributed by atoms with E-state index in [0.717, 1.165) is 5.75 Å². The maximum atomic E-state index is 12.2. The summed E-state index contributed by atoms with van der Waals surface area (Å²) < 4.78 is 10.8. The summed E-state index contributed by atoms with van der Waals surface area (Å²) in [4.78, 5) is 16.2. The lowest BCUT2D eigenvalue weighted by molar-refractivity contribution is 0.102. The van der Waals surface area contributed by atoms with Crippen LogP contribution in [-0.4, -0.2) is 28.2 Å². The number of rotatable bonds is 6. The number of pyridine rings is 1. The standard InChI is InChI=1S/C17H16N4O3S/c1-11(24-13-6-4-3-5-7-13)16-20-21-17(25-16)19-15(22)12-8-9-14(23-2)18-10-12/h3-11H,1-2H3,(H,19,21,22)/t11-/m0/s1. The van der Waals surface area contributed by atoms with Crippen LogP contribution in [0.1, 0.15) is 28.4 Å². The summed E-state index contributed by atoms with van der Waals surface area (Å²) in [7, 11) is 1.52. The van der Waals surface area contributed by atoms with Crippen molar-refractivity contribution in [3.63, 3.8) is 0 Å². The fraction of sp³-hybridized carbons (Fsp3) is 0.176. The fourth-order valence-corrected chi connectivity index (χ4v) is 2.73. The second kappa shape index (κ2) is 7.71. The Morgan fingerprint density at radius 3 is 2.64 bits per heavy atom. The van der Waals surface area contributed by atoms with Gasteiger partial charge >= 0.3 is 0 Å². The van der Waals surface area contributed by atoms with Crippen molar-refractivity contribution in [2.24, 2.45) is 0 Å². The minimum Gasteiger partial charge on any atom is -0.483 e. The van der Waals surface area contributed by atoms with Gasteiger partial charge in [-0.25, -0.2) is 4.98 Å². The van der Waals surface area contributed by atoms with Gasteiger partial charge in [-0.15, -0.1) is 10.2 Å². The number of methoxy groups -OCH3 is 1. The molecule has 0 saturated carbocycles. The fourth-order valence-electron chi connectivity index (χ4n) is 2.01. The third-order valence-corrected chi connectivity index (χ3v) is 4.27. The van der Waals surface area contributed by atoms with Crippen LogP contribution in [0, 0.1) is 0 Å². The van der Waals surface area contributed by atoms with Gasteiger partial charge in [0.1, 0.15) is 11.9 Å². The van der Waals surface area contributed by atoms with E-state index in [1.807, 2.05) is 37.3 Å². The van der Waals surface area contributed by atoms with Gasteiger partial charge in [-0.1, -0.05) is 29.5 Å². The van der Waals surface area contributed by atoms with Crippen LogP contribution in [-0.2, 0) is 0 Å². The number of anilines is 1. The molecule has 0 fully saturated rings. The van der Waals surface area contributed by atoms with Gasteiger partial charge in [-0.2, -0.15) is 0 Å². The number of nitrogens with zero attached hydrogens (tertiary/aromatic N) is 3. The molecule has 0 spiro atoms. The second-order valence-corrected chi connectivity index (χ2v) is 6.07. The molecule has 25 heavy (non-hydrogen) atoms. The predicted molar refractivity (Wildman–Crippen MR) is 94.1 cm³/mol. The van der Waals surface area contributed by atoms with Crippen LogP contribution in [0.5, 0.6) is 11.6 Å². The van der Waals surface area contributed by atoms with Gasteiger partial charge in [0, 0.05) is 12.3 Å². The molecule has 128 valence electrons. The van der Waals surface area contributed by atoms with E-state index in [2.05, 4.69) is 20.5 Å². The van der Waals surface area contributed by atoms with Crippen LogP contribution < -0.4 is 14.8 Å². The minimum absolute atomic E-state index is 0.270. The Labute approximate surface area is 148 Å². The van der Waals surface area contributed by atoms with Crippen molar-refractivity contribution in [3.8, 4) is 11.6 Å². The predicted octanol–water partition coefficient (Wildman–Crippen LogP) is 3.33. The smallest absolute Gasteiger partial charge is 0.259 e. The second-order valence-electron chi connectivity index (χ2n) is 5.06. The van der Waals surface area contributed by atoms with Crippen LogP contribution in [0.2, 0.25) is 0 Å². The maximum Gasteiger partial charge on any atom is 0.259 e. The van der Waals surface area contributed by atoms with Gasteiger partial charge < -0.3 is 9.47 Å². The van der Waals surface area contributed by atoms with Crippen molar-refractivity contribution in [2.45, 2.75) is 13.0 Å². The molecule has 0 saturated heterocycles. The molecule has 3 rings (SSSR count). The summed E-state index contributed by atoms with van der Waals surface area (Å²) in [5, 5.41) is 11.8. The van der Waals surface area contributed by atoms with Crippen molar-refractivity contribution in [1.29, 1.82) is 0 Å². The average molecular weight is 356 g/mol. The lowest BCUT2D eigenvalue weighted by Crippen LogP contribution is -2.12. The molecule has 8 heteroatoms. The first-order chi connectivity index (χ1) is 12.2. The van der Waals surface area contributed by atoms with Gasteiger partial charge in [0.2, 0.25) is 11.0 Å². The number of nitrogens with one attached hydrogen (secondary N) is 1. The number of hydrogen-bond donors (Lipinski definition) is 1. The van der Waals surface area contributed by atoms with Crippen molar-refractivity contribution in [3.05, 3.63) is 59.2 Å². The lowest BCUT2D eigenvalue weighted by atomic mass is 10.3. The zero-order valence-corrected chi connectivity index (χ0v) is 14.5. The number of benzene rings is 1. The third kappa shape index (κ3) is 4.30. The topological polar surface area (TPSA) is 86.2 Å². The van der Waals surface area contributed by atoms with Crippen LogP contribution in [0.4, 0.5) is 5.13 Å². The molecule has 1 aromatic carbocycles. The van der Waals surface area contributed by atoms with Crippen molar-refractivity contribution in [1.82, 2.24) is 15.2 Å². The SMILES string of the molecule is COc1ccc(C(=O)Nc2nnc([C@H](C)Oc3ccccc3)s2)cn1. The van der Waals surface area contributed by atoms with E-state index >= 15 is 0 Å². The highest BCUT2D eigenvalue weighted by molar-refractivity contribution is 7.15. The summed E-state index contributed by atoms with van der Waals surface area (Å²) >= 11 is 1.27. The summed E-state index contributed by atoms with van der Waals surface area (Å²) in [6.45, 7) is 1.88. The Bertz CT molecular complexity index is 837.